The number of rotatable bonds is 6. The van der Waals surface area contributed by atoms with Crippen LogP contribution in [0.25, 0.3) is 11.4 Å². The molecule has 2 aliphatic rings. The topological polar surface area (TPSA) is 31.0 Å². The summed E-state index contributed by atoms with van der Waals surface area (Å²) in [5, 5.41) is 8.10. The van der Waals surface area contributed by atoms with Gasteiger partial charge in [-0.15, -0.1) is 0 Å². The first kappa shape index (κ1) is 22.6. The molecule has 1 atom stereocenters. The molecule has 9 heteroatoms. The molecule has 2 heterocycles. The second kappa shape index (κ2) is 8.90. The smallest absolute Gasteiger partial charge is 0.379 e. The number of nitrogens with one attached hydrogen (secondary N) is 1. The van der Waals surface area contributed by atoms with E-state index < -0.39 is 12.7 Å². The van der Waals surface area contributed by atoms with Crippen LogP contribution in [-0.4, -0.2) is 36.0 Å². The van der Waals surface area contributed by atoms with Crippen molar-refractivity contribution >= 4 is 17.1 Å². The fourth-order valence-corrected chi connectivity index (χ4v) is 4.18. The van der Waals surface area contributed by atoms with Crippen LogP contribution in [0.15, 0.2) is 91.1 Å². The third-order valence-corrected chi connectivity index (χ3v) is 5.74. The lowest BCUT2D eigenvalue weighted by Gasteiger charge is -2.32. The van der Waals surface area contributed by atoms with Crippen LogP contribution in [0.5, 0.6) is 5.75 Å². The molecule has 3 aromatic rings. The van der Waals surface area contributed by atoms with Gasteiger partial charge in [0.1, 0.15) is 12.0 Å². The summed E-state index contributed by atoms with van der Waals surface area (Å²) in [7, 11) is 1.90. The molecule has 180 valence electrons. The molecule has 0 saturated heterocycles. The van der Waals surface area contributed by atoms with Gasteiger partial charge in [-0.2, -0.15) is 13.2 Å². The average Bonchev–Trinajstić information content (AvgIpc) is 3.39. The SMILES string of the molecule is CN1C(c2ccc(F)cc2)=CC2NC=C(c3cccc(ON(CC(F)(F)F)c4ccccc4)c3)N21. The van der Waals surface area contributed by atoms with Crippen molar-refractivity contribution in [3.05, 3.63) is 108 Å². The largest absolute Gasteiger partial charge is 0.409 e. The van der Waals surface area contributed by atoms with Crippen molar-refractivity contribution in [3.8, 4) is 5.75 Å². The molecule has 3 aromatic carbocycles. The highest BCUT2D eigenvalue weighted by Gasteiger charge is 2.36. The van der Waals surface area contributed by atoms with E-state index >= 15 is 0 Å². The lowest BCUT2D eigenvalue weighted by Crippen LogP contribution is -2.39. The maximum Gasteiger partial charge on any atom is 0.409 e. The third-order valence-electron chi connectivity index (χ3n) is 5.74. The molecule has 0 fully saturated rings. The minimum atomic E-state index is -4.45. The molecule has 0 aliphatic carbocycles. The molecule has 35 heavy (non-hydrogen) atoms. The third kappa shape index (κ3) is 4.75. The van der Waals surface area contributed by atoms with Crippen LogP contribution in [0.1, 0.15) is 11.1 Å². The van der Waals surface area contributed by atoms with E-state index in [1.807, 2.05) is 35.4 Å². The molecule has 2 aliphatic heterocycles. The van der Waals surface area contributed by atoms with Crippen molar-refractivity contribution in [2.24, 2.45) is 0 Å². The van der Waals surface area contributed by atoms with Crippen molar-refractivity contribution in [3.63, 3.8) is 0 Å². The van der Waals surface area contributed by atoms with Gasteiger partial charge in [-0.25, -0.2) is 9.45 Å². The molecule has 0 bridgehead atoms. The number of anilines is 1. The Kier molecular flexibility index (Phi) is 5.76. The highest BCUT2D eigenvalue weighted by Crippen LogP contribution is 2.38. The number of nitrogens with zero attached hydrogens (tertiary/aromatic N) is 3. The monoisotopic (exact) mass is 482 g/mol. The highest BCUT2D eigenvalue weighted by atomic mass is 19.4. The standard InChI is InChI=1S/C26H22F4N4O/c1-32-23(18-10-12-20(27)13-11-18)15-25-31-16-24(34(25)32)19-6-5-9-22(14-19)35-33(17-26(28,29)30)21-7-3-2-4-8-21/h2-16,25,31H,17H2,1H3. The van der Waals surface area contributed by atoms with E-state index in [9.17, 15) is 17.6 Å². The summed E-state index contributed by atoms with van der Waals surface area (Å²) in [6.45, 7) is -1.26. The molecule has 0 aromatic heterocycles. The number of hydrogen-bond acceptors (Lipinski definition) is 5. The summed E-state index contributed by atoms with van der Waals surface area (Å²) in [5.41, 5.74) is 3.65. The van der Waals surface area contributed by atoms with Gasteiger partial charge in [-0.1, -0.05) is 30.3 Å². The zero-order valence-corrected chi connectivity index (χ0v) is 18.7. The summed E-state index contributed by atoms with van der Waals surface area (Å²) in [6.07, 6.45) is -0.717. The van der Waals surface area contributed by atoms with Crippen LogP contribution in [0.4, 0.5) is 23.2 Å². The van der Waals surface area contributed by atoms with Gasteiger partial charge in [-0.05, 0) is 60.2 Å². The Hall–Kier alpha value is -4.14. The van der Waals surface area contributed by atoms with Crippen LogP contribution in [0, 0.1) is 5.82 Å². The van der Waals surface area contributed by atoms with Crippen molar-refractivity contribution < 1.29 is 22.4 Å². The first-order valence-electron chi connectivity index (χ1n) is 10.9. The number of hydrogen-bond donors (Lipinski definition) is 1. The summed E-state index contributed by atoms with van der Waals surface area (Å²) < 4.78 is 53.1. The van der Waals surface area contributed by atoms with Crippen LogP contribution >= 0.6 is 0 Å². The molecule has 0 amide bonds. The van der Waals surface area contributed by atoms with E-state index in [1.165, 1.54) is 12.1 Å². The molecule has 0 radical (unpaired) electrons. The minimum Gasteiger partial charge on any atom is -0.379 e. The van der Waals surface area contributed by atoms with Gasteiger partial charge in [0, 0.05) is 18.8 Å². The van der Waals surface area contributed by atoms with Gasteiger partial charge < -0.3 is 10.2 Å². The molecule has 1 unspecified atom stereocenters. The first-order chi connectivity index (χ1) is 16.8. The highest BCUT2D eigenvalue weighted by molar-refractivity contribution is 5.74. The Morgan fingerprint density at radius 1 is 0.914 bits per heavy atom. The van der Waals surface area contributed by atoms with Crippen molar-refractivity contribution in [1.82, 2.24) is 15.3 Å². The second-order valence-electron chi connectivity index (χ2n) is 8.17. The van der Waals surface area contributed by atoms with Gasteiger partial charge in [0.2, 0.25) is 0 Å². The van der Waals surface area contributed by atoms with Crippen LogP contribution in [0.2, 0.25) is 0 Å². The first-order valence-corrected chi connectivity index (χ1v) is 10.9. The average molecular weight is 482 g/mol. The van der Waals surface area contributed by atoms with Crippen molar-refractivity contribution in [2.45, 2.75) is 12.3 Å². The Balaban J connectivity index is 1.38. The fourth-order valence-electron chi connectivity index (χ4n) is 4.18. The molecule has 0 spiro atoms. The molecule has 0 saturated carbocycles. The summed E-state index contributed by atoms with van der Waals surface area (Å²) in [6, 6.07) is 21.3. The van der Waals surface area contributed by atoms with Crippen molar-refractivity contribution in [1.29, 1.82) is 0 Å². The minimum absolute atomic E-state index is 0.148. The van der Waals surface area contributed by atoms with Gasteiger partial charge in [0.05, 0.1) is 17.1 Å². The second-order valence-corrected chi connectivity index (χ2v) is 8.17. The van der Waals surface area contributed by atoms with Gasteiger partial charge >= 0.3 is 6.18 Å². The molecule has 5 rings (SSSR count). The molecular weight excluding hydrogens is 460 g/mol. The van der Waals surface area contributed by atoms with Crippen LogP contribution < -0.4 is 15.2 Å². The van der Waals surface area contributed by atoms with Crippen LogP contribution in [0.3, 0.4) is 0 Å². The fraction of sp³-hybridized carbons (Fsp3) is 0.154. The number of alkyl halides is 3. The Labute approximate surface area is 200 Å². The number of hydrazine groups is 1. The van der Waals surface area contributed by atoms with E-state index in [-0.39, 0.29) is 17.7 Å². The number of hydroxylamine groups is 1. The number of para-hydroxylation sites is 1. The normalized spacial score (nSPS) is 17.0. The lowest BCUT2D eigenvalue weighted by atomic mass is 10.1. The maximum absolute atomic E-state index is 13.4. The lowest BCUT2D eigenvalue weighted by molar-refractivity contribution is -0.127. The predicted octanol–water partition coefficient (Wildman–Crippen LogP) is 5.62. The Morgan fingerprint density at radius 3 is 2.37 bits per heavy atom. The van der Waals surface area contributed by atoms with Gasteiger partial charge in [0.25, 0.3) is 0 Å². The number of halogens is 4. The zero-order chi connectivity index (χ0) is 24.6. The number of benzene rings is 3. The Morgan fingerprint density at radius 2 is 1.66 bits per heavy atom. The number of fused-ring (bicyclic) bond motifs is 1. The molecule has 5 nitrogen and oxygen atoms in total. The van der Waals surface area contributed by atoms with E-state index in [0.29, 0.717) is 5.69 Å². The summed E-state index contributed by atoms with van der Waals surface area (Å²) in [5.74, 6) is -0.0328. The summed E-state index contributed by atoms with van der Waals surface area (Å²) >= 11 is 0. The van der Waals surface area contributed by atoms with Crippen LogP contribution in [-0.2, 0) is 0 Å². The van der Waals surface area contributed by atoms with E-state index in [4.69, 9.17) is 4.84 Å². The molecule has 1 N–H and O–H groups in total. The van der Waals surface area contributed by atoms with E-state index in [2.05, 4.69) is 5.32 Å². The van der Waals surface area contributed by atoms with Crippen molar-refractivity contribution in [2.75, 3.05) is 18.7 Å². The quantitative estimate of drug-likeness (QED) is 0.364. The summed E-state index contributed by atoms with van der Waals surface area (Å²) in [4.78, 5) is 5.70. The predicted molar refractivity (Wildman–Crippen MR) is 126 cm³/mol. The zero-order valence-electron chi connectivity index (χ0n) is 18.7. The van der Waals surface area contributed by atoms with Gasteiger partial charge in [-0.3, -0.25) is 10.0 Å². The molecular formula is C26H22F4N4O. The van der Waals surface area contributed by atoms with E-state index in [0.717, 1.165) is 27.6 Å². The van der Waals surface area contributed by atoms with E-state index in [1.54, 1.807) is 60.7 Å². The maximum atomic E-state index is 13.4. The Bertz CT molecular complexity index is 1260. The van der Waals surface area contributed by atoms with Gasteiger partial charge in [0.15, 0.2) is 12.3 Å².